The van der Waals surface area contributed by atoms with Crippen molar-refractivity contribution in [2.24, 2.45) is 0 Å². The summed E-state index contributed by atoms with van der Waals surface area (Å²) in [6.45, 7) is 4.74. The molecule has 0 N–H and O–H groups in total. The van der Waals surface area contributed by atoms with Gasteiger partial charge in [0.15, 0.2) is 18.1 Å². The number of para-hydroxylation sites is 2. The van der Waals surface area contributed by atoms with Crippen molar-refractivity contribution in [3.05, 3.63) is 59.3 Å². The van der Waals surface area contributed by atoms with Crippen LogP contribution in [0, 0.1) is 0 Å². The Bertz CT molecular complexity index is 610. The topological polar surface area (TPSA) is 38.8 Å². The number of nitrogens with zero attached hydrogens (tertiary/aromatic N) is 1. The van der Waals surface area contributed by atoms with Gasteiger partial charge in [-0.05, 0) is 23.6 Å². The number of carbonyl (C=O) groups excluding carboxylic acids is 1. The Morgan fingerprint density at radius 1 is 1.27 bits per heavy atom. The summed E-state index contributed by atoms with van der Waals surface area (Å²) in [5.41, 5.74) is 0. The van der Waals surface area contributed by atoms with Crippen LogP contribution < -0.4 is 9.47 Å². The second kappa shape index (κ2) is 8.24. The van der Waals surface area contributed by atoms with Gasteiger partial charge >= 0.3 is 0 Å². The highest BCUT2D eigenvalue weighted by molar-refractivity contribution is 7.09. The minimum atomic E-state index is -0.0841. The van der Waals surface area contributed by atoms with Crippen LogP contribution in [0.2, 0.25) is 0 Å². The predicted octanol–water partition coefficient (Wildman–Crippen LogP) is 3.35. The van der Waals surface area contributed by atoms with Gasteiger partial charge in [0.25, 0.3) is 5.91 Å². The van der Waals surface area contributed by atoms with Gasteiger partial charge in [-0.2, -0.15) is 0 Å². The normalized spacial score (nSPS) is 10.0. The molecule has 5 heteroatoms. The van der Waals surface area contributed by atoms with Crippen molar-refractivity contribution in [2.45, 2.75) is 6.54 Å². The van der Waals surface area contributed by atoms with Gasteiger partial charge < -0.3 is 14.4 Å². The van der Waals surface area contributed by atoms with Crippen molar-refractivity contribution in [2.75, 3.05) is 20.3 Å². The summed E-state index contributed by atoms with van der Waals surface area (Å²) in [5, 5.41) is 2.00. The molecule has 0 aliphatic carbocycles. The number of hydrogen-bond acceptors (Lipinski definition) is 4. The minimum absolute atomic E-state index is 0.0282. The highest BCUT2D eigenvalue weighted by Crippen LogP contribution is 2.25. The van der Waals surface area contributed by atoms with E-state index >= 15 is 0 Å². The summed E-state index contributed by atoms with van der Waals surface area (Å²) in [6.07, 6.45) is 1.72. The molecule has 0 radical (unpaired) electrons. The summed E-state index contributed by atoms with van der Waals surface area (Å²) in [6, 6.07) is 11.3. The first-order chi connectivity index (χ1) is 10.7. The summed E-state index contributed by atoms with van der Waals surface area (Å²) in [4.78, 5) is 15.2. The third kappa shape index (κ3) is 4.36. The monoisotopic (exact) mass is 317 g/mol. The van der Waals surface area contributed by atoms with E-state index in [1.54, 1.807) is 41.6 Å². The number of carbonyl (C=O) groups is 1. The first-order valence-corrected chi connectivity index (χ1v) is 7.79. The highest BCUT2D eigenvalue weighted by Gasteiger charge is 2.15. The lowest BCUT2D eigenvalue weighted by atomic mass is 10.3. The molecule has 1 amide bonds. The van der Waals surface area contributed by atoms with Gasteiger partial charge in [0, 0.05) is 11.4 Å². The van der Waals surface area contributed by atoms with Crippen molar-refractivity contribution >= 4 is 17.2 Å². The van der Waals surface area contributed by atoms with Crippen molar-refractivity contribution in [3.63, 3.8) is 0 Å². The number of amides is 1. The Morgan fingerprint density at radius 2 is 2.05 bits per heavy atom. The third-order valence-electron chi connectivity index (χ3n) is 3.05. The molecule has 0 unspecified atom stereocenters. The molecule has 0 bridgehead atoms. The predicted molar refractivity (Wildman–Crippen MR) is 88.4 cm³/mol. The molecule has 2 rings (SSSR count). The van der Waals surface area contributed by atoms with Crippen LogP contribution >= 0.6 is 11.3 Å². The fraction of sp³-hybridized carbons (Fsp3) is 0.235. The second-order valence-electron chi connectivity index (χ2n) is 4.58. The molecule has 22 heavy (non-hydrogen) atoms. The molecule has 0 spiro atoms. The van der Waals surface area contributed by atoms with E-state index in [1.807, 2.05) is 29.6 Å². The Labute approximate surface area is 134 Å². The van der Waals surface area contributed by atoms with Crippen LogP contribution in [0.3, 0.4) is 0 Å². The standard InChI is InChI=1S/C17H19NO3S/c1-3-10-18(12-14-7-6-11-22-14)17(19)13-21-16-9-5-4-8-15(16)20-2/h3-9,11H,1,10,12-13H2,2H3. The maximum absolute atomic E-state index is 12.3. The smallest absolute Gasteiger partial charge is 0.261 e. The number of methoxy groups -OCH3 is 1. The first-order valence-electron chi connectivity index (χ1n) is 6.91. The molecule has 1 heterocycles. The molecule has 0 aliphatic heterocycles. The summed E-state index contributed by atoms with van der Waals surface area (Å²) >= 11 is 1.63. The van der Waals surface area contributed by atoms with Crippen molar-refractivity contribution in [3.8, 4) is 11.5 Å². The van der Waals surface area contributed by atoms with E-state index in [0.717, 1.165) is 4.88 Å². The van der Waals surface area contributed by atoms with Crippen LogP contribution in [0.25, 0.3) is 0 Å². The van der Waals surface area contributed by atoms with E-state index in [0.29, 0.717) is 24.6 Å². The van der Waals surface area contributed by atoms with E-state index in [4.69, 9.17) is 9.47 Å². The van der Waals surface area contributed by atoms with Gasteiger partial charge in [0.05, 0.1) is 13.7 Å². The zero-order valence-electron chi connectivity index (χ0n) is 12.5. The molecule has 0 atom stereocenters. The lowest BCUT2D eigenvalue weighted by Crippen LogP contribution is -2.34. The Hall–Kier alpha value is -2.27. The number of ether oxygens (including phenoxy) is 2. The zero-order chi connectivity index (χ0) is 15.8. The molecule has 116 valence electrons. The van der Waals surface area contributed by atoms with Crippen LogP contribution in [-0.4, -0.2) is 31.1 Å². The fourth-order valence-electron chi connectivity index (χ4n) is 1.97. The zero-order valence-corrected chi connectivity index (χ0v) is 13.3. The average Bonchev–Trinajstić information content (AvgIpc) is 3.05. The molecule has 4 nitrogen and oxygen atoms in total. The summed E-state index contributed by atoms with van der Waals surface area (Å²) < 4.78 is 10.8. The van der Waals surface area contributed by atoms with Crippen molar-refractivity contribution < 1.29 is 14.3 Å². The van der Waals surface area contributed by atoms with Gasteiger partial charge in [-0.1, -0.05) is 24.3 Å². The lowest BCUT2D eigenvalue weighted by Gasteiger charge is -2.21. The molecule has 0 aliphatic rings. The molecule has 0 saturated heterocycles. The lowest BCUT2D eigenvalue weighted by molar-refractivity contribution is -0.133. The number of thiophene rings is 1. The molecule has 1 aromatic heterocycles. The van der Waals surface area contributed by atoms with Crippen LogP contribution in [0.15, 0.2) is 54.4 Å². The highest BCUT2D eigenvalue weighted by atomic mass is 32.1. The molecule has 2 aromatic rings. The average molecular weight is 317 g/mol. The number of hydrogen-bond donors (Lipinski definition) is 0. The Balaban J connectivity index is 1.97. The molecule has 0 saturated carbocycles. The van der Waals surface area contributed by atoms with Gasteiger partial charge in [-0.15, -0.1) is 17.9 Å². The minimum Gasteiger partial charge on any atom is -0.493 e. The Morgan fingerprint density at radius 3 is 2.68 bits per heavy atom. The van der Waals surface area contributed by atoms with Crippen molar-refractivity contribution in [1.29, 1.82) is 0 Å². The van der Waals surface area contributed by atoms with Gasteiger partial charge in [0.1, 0.15) is 0 Å². The third-order valence-corrected chi connectivity index (χ3v) is 3.91. The van der Waals surface area contributed by atoms with Crippen molar-refractivity contribution in [1.82, 2.24) is 4.90 Å². The first kappa shape index (κ1) is 16.1. The van der Waals surface area contributed by atoms with Gasteiger partial charge in [-0.3, -0.25) is 4.79 Å². The second-order valence-corrected chi connectivity index (χ2v) is 5.61. The number of benzene rings is 1. The molecule has 1 aromatic carbocycles. The van der Waals surface area contributed by atoms with Crippen LogP contribution in [0.4, 0.5) is 0 Å². The van der Waals surface area contributed by atoms with E-state index in [1.165, 1.54) is 0 Å². The van der Waals surface area contributed by atoms with E-state index < -0.39 is 0 Å². The quantitative estimate of drug-likeness (QED) is 0.701. The Kier molecular flexibility index (Phi) is 6.03. The number of rotatable bonds is 8. The molecular weight excluding hydrogens is 298 g/mol. The van der Waals surface area contributed by atoms with E-state index in [-0.39, 0.29) is 12.5 Å². The van der Waals surface area contributed by atoms with Crippen LogP contribution in [0.5, 0.6) is 11.5 Å². The van der Waals surface area contributed by atoms with Gasteiger partial charge in [-0.25, -0.2) is 0 Å². The fourth-order valence-corrected chi connectivity index (χ4v) is 2.69. The van der Waals surface area contributed by atoms with Gasteiger partial charge in [0.2, 0.25) is 0 Å². The SMILES string of the molecule is C=CCN(Cc1cccs1)C(=O)COc1ccccc1OC. The molecule has 0 fully saturated rings. The van der Waals surface area contributed by atoms with E-state index in [9.17, 15) is 4.79 Å². The van der Waals surface area contributed by atoms with Crippen LogP contribution in [0.1, 0.15) is 4.88 Å². The largest absolute Gasteiger partial charge is 0.493 e. The summed E-state index contributed by atoms with van der Waals surface area (Å²) in [7, 11) is 1.57. The summed E-state index contributed by atoms with van der Waals surface area (Å²) in [5.74, 6) is 1.09. The molecular formula is C17H19NO3S. The van der Waals surface area contributed by atoms with Crippen LogP contribution in [-0.2, 0) is 11.3 Å². The van der Waals surface area contributed by atoms with E-state index in [2.05, 4.69) is 6.58 Å². The maximum Gasteiger partial charge on any atom is 0.261 e. The maximum atomic E-state index is 12.3.